The molecule has 0 aliphatic carbocycles. The van der Waals surface area contributed by atoms with Crippen molar-refractivity contribution in [2.45, 2.75) is 38.6 Å². The minimum Gasteiger partial charge on any atom is -0.360 e. The molecule has 0 aromatic carbocycles. The summed E-state index contributed by atoms with van der Waals surface area (Å²) in [7, 11) is 0. The van der Waals surface area contributed by atoms with Crippen LogP contribution < -0.4 is 0 Å². The minimum atomic E-state index is -0.127. The summed E-state index contributed by atoms with van der Waals surface area (Å²) in [6.45, 7) is 5.77. The maximum absolute atomic E-state index is 13.0. The highest BCUT2D eigenvalue weighted by Crippen LogP contribution is 2.30. The zero-order chi connectivity index (χ0) is 19.0. The number of carbonyl (C=O) groups excluding carboxylic acids is 2. The molecule has 3 aliphatic heterocycles. The number of rotatable bonds is 3. The summed E-state index contributed by atoms with van der Waals surface area (Å²) in [5.74, 6) is 0.897. The fourth-order valence-corrected chi connectivity index (χ4v) is 3.88. The van der Waals surface area contributed by atoms with Gasteiger partial charge in [-0.15, -0.1) is 0 Å². The Kier molecular flexibility index (Phi) is 4.63. The topological polar surface area (TPSA) is 92.4 Å². The van der Waals surface area contributed by atoms with Crippen LogP contribution in [0.25, 0.3) is 0 Å². The molecule has 2 atom stereocenters. The molecule has 8 nitrogen and oxygen atoms in total. The molecule has 2 bridgehead atoms. The molecular weight excluding hydrogens is 346 g/mol. The zero-order valence-corrected chi connectivity index (χ0v) is 15.5. The van der Waals surface area contributed by atoms with Gasteiger partial charge in [-0.1, -0.05) is 19.0 Å². The summed E-state index contributed by atoms with van der Waals surface area (Å²) in [4.78, 5) is 37.6. The Hall–Kier alpha value is -2.77. The van der Waals surface area contributed by atoms with Gasteiger partial charge in [-0.3, -0.25) is 14.6 Å². The van der Waals surface area contributed by atoms with Crippen LogP contribution in [0.1, 0.15) is 59.3 Å². The second-order valence-electron chi connectivity index (χ2n) is 7.62. The number of amides is 2. The molecule has 8 heteroatoms. The van der Waals surface area contributed by atoms with E-state index in [2.05, 4.69) is 15.1 Å². The molecule has 2 aromatic rings. The molecule has 2 aromatic heterocycles. The molecule has 0 radical (unpaired) electrons. The Morgan fingerprint density at radius 1 is 1.11 bits per heavy atom. The smallest absolute Gasteiger partial charge is 0.276 e. The maximum atomic E-state index is 13.0. The Bertz CT molecular complexity index is 835. The highest BCUT2D eigenvalue weighted by molar-refractivity contribution is 5.93. The predicted molar refractivity (Wildman–Crippen MR) is 96.1 cm³/mol. The van der Waals surface area contributed by atoms with Gasteiger partial charge in [0.1, 0.15) is 11.5 Å². The lowest BCUT2D eigenvalue weighted by atomic mass is 9.94. The molecule has 3 fully saturated rings. The van der Waals surface area contributed by atoms with Gasteiger partial charge in [0.2, 0.25) is 0 Å². The lowest BCUT2D eigenvalue weighted by molar-refractivity contribution is 0.0564. The minimum absolute atomic E-state index is 0.0175. The molecule has 2 amide bonds. The Labute approximate surface area is 157 Å². The quantitative estimate of drug-likeness (QED) is 0.821. The first-order valence-corrected chi connectivity index (χ1v) is 9.35. The van der Waals surface area contributed by atoms with Crippen molar-refractivity contribution in [1.29, 1.82) is 0 Å². The number of aromatic nitrogens is 3. The van der Waals surface area contributed by atoms with Gasteiger partial charge in [0.05, 0.1) is 6.20 Å². The van der Waals surface area contributed by atoms with Gasteiger partial charge >= 0.3 is 0 Å². The van der Waals surface area contributed by atoms with Crippen LogP contribution in [0.15, 0.2) is 29.2 Å². The van der Waals surface area contributed by atoms with E-state index in [1.807, 2.05) is 23.6 Å². The van der Waals surface area contributed by atoms with Gasteiger partial charge in [0.15, 0.2) is 5.69 Å². The van der Waals surface area contributed by atoms with Crippen LogP contribution in [0, 0.1) is 5.92 Å². The summed E-state index contributed by atoms with van der Waals surface area (Å²) in [6, 6.07) is 1.71. The van der Waals surface area contributed by atoms with Crippen LogP contribution >= 0.6 is 0 Å². The first kappa shape index (κ1) is 17.6. The Morgan fingerprint density at radius 2 is 1.96 bits per heavy atom. The van der Waals surface area contributed by atoms with Crippen molar-refractivity contribution in [3.8, 4) is 0 Å². The lowest BCUT2D eigenvalue weighted by Crippen LogP contribution is -2.47. The van der Waals surface area contributed by atoms with E-state index < -0.39 is 0 Å². The number of carbonyl (C=O) groups is 2. The molecule has 27 heavy (non-hydrogen) atoms. The van der Waals surface area contributed by atoms with Crippen LogP contribution in [-0.2, 0) is 0 Å². The molecule has 0 unspecified atom stereocenters. The molecule has 5 rings (SSSR count). The fraction of sp³-hybridized carbons (Fsp3) is 0.526. The summed E-state index contributed by atoms with van der Waals surface area (Å²) in [6.07, 6.45) is 6.45. The van der Waals surface area contributed by atoms with Crippen LogP contribution in [-0.4, -0.2) is 62.4 Å². The maximum Gasteiger partial charge on any atom is 0.276 e. The third kappa shape index (κ3) is 3.43. The molecule has 0 spiro atoms. The van der Waals surface area contributed by atoms with Crippen molar-refractivity contribution in [2.75, 3.05) is 19.6 Å². The molecule has 3 aliphatic rings. The first-order valence-electron chi connectivity index (χ1n) is 9.35. The summed E-state index contributed by atoms with van der Waals surface area (Å²) >= 11 is 0. The van der Waals surface area contributed by atoms with E-state index in [4.69, 9.17) is 4.52 Å². The second kappa shape index (κ2) is 7.09. The van der Waals surface area contributed by atoms with E-state index in [0.717, 1.165) is 12.8 Å². The monoisotopic (exact) mass is 369 g/mol. The van der Waals surface area contributed by atoms with Crippen molar-refractivity contribution < 1.29 is 14.1 Å². The molecule has 3 saturated heterocycles. The van der Waals surface area contributed by atoms with Gasteiger partial charge in [-0.2, -0.15) is 0 Å². The molecule has 5 heterocycles. The van der Waals surface area contributed by atoms with Gasteiger partial charge in [0, 0.05) is 50.1 Å². The number of hydrogen-bond acceptors (Lipinski definition) is 6. The van der Waals surface area contributed by atoms with Gasteiger partial charge in [0.25, 0.3) is 11.8 Å². The Morgan fingerprint density at radius 3 is 2.67 bits per heavy atom. The fourth-order valence-electron chi connectivity index (χ4n) is 3.88. The van der Waals surface area contributed by atoms with Crippen molar-refractivity contribution in [2.24, 2.45) is 5.92 Å². The van der Waals surface area contributed by atoms with E-state index in [1.165, 1.54) is 12.4 Å². The summed E-state index contributed by atoms with van der Waals surface area (Å²) in [5, 5.41) is 3.96. The van der Waals surface area contributed by atoms with Crippen molar-refractivity contribution in [3.63, 3.8) is 0 Å². The van der Waals surface area contributed by atoms with E-state index in [1.54, 1.807) is 12.3 Å². The second-order valence-corrected chi connectivity index (χ2v) is 7.62. The molecular formula is C19H23N5O3. The van der Waals surface area contributed by atoms with Crippen LogP contribution in [0.3, 0.4) is 0 Å². The van der Waals surface area contributed by atoms with Gasteiger partial charge < -0.3 is 14.3 Å². The van der Waals surface area contributed by atoms with E-state index >= 15 is 0 Å². The first-order chi connectivity index (χ1) is 13.0. The molecule has 0 saturated carbocycles. The van der Waals surface area contributed by atoms with E-state index in [0.29, 0.717) is 36.8 Å². The number of hydrogen-bond donors (Lipinski definition) is 0. The van der Waals surface area contributed by atoms with Gasteiger partial charge in [-0.05, 0) is 18.8 Å². The number of nitrogens with zero attached hydrogens (tertiary/aromatic N) is 5. The molecule has 142 valence electrons. The van der Waals surface area contributed by atoms with Crippen LogP contribution in [0.4, 0.5) is 0 Å². The predicted octanol–water partition coefficient (Wildman–Crippen LogP) is 1.96. The average molecular weight is 369 g/mol. The Balaban J connectivity index is 1.52. The molecule has 0 N–H and O–H groups in total. The third-order valence-corrected chi connectivity index (χ3v) is 5.36. The summed E-state index contributed by atoms with van der Waals surface area (Å²) < 4.78 is 5.29. The zero-order valence-electron chi connectivity index (χ0n) is 15.5. The van der Waals surface area contributed by atoms with Gasteiger partial charge in [-0.25, -0.2) is 4.98 Å². The lowest BCUT2D eigenvalue weighted by Gasteiger charge is -2.35. The van der Waals surface area contributed by atoms with Crippen molar-refractivity contribution >= 4 is 11.8 Å². The largest absolute Gasteiger partial charge is 0.360 e. The standard InChI is InChI=1S/C19H23N5O3/c1-12(2)17-7-15(22-27-17)19(26)24-10-13-3-4-14(24)11-23(9-13)18(25)16-8-20-5-6-21-16/h5-8,12-14H,3-4,9-11H2,1-2H3/t13-,14+/m0/s1. The number of piperidine rings is 1. The van der Waals surface area contributed by atoms with E-state index in [-0.39, 0.29) is 29.7 Å². The highest BCUT2D eigenvalue weighted by atomic mass is 16.5. The normalized spacial score (nSPS) is 22.2. The van der Waals surface area contributed by atoms with Crippen molar-refractivity contribution in [1.82, 2.24) is 24.9 Å². The highest BCUT2D eigenvalue weighted by Gasteiger charge is 2.40. The number of fused-ring (bicyclic) bond motifs is 4. The van der Waals surface area contributed by atoms with Crippen molar-refractivity contribution in [3.05, 3.63) is 41.8 Å². The van der Waals surface area contributed by atoms with Crippen LogP contribution in [0.5, 0.6) is 0 Å². The SMILES string of the molecule is CC(C)c1cc(C(=O)N2C[C@H]3CC[C@@H]2CN(C(=O)c2cnccn2)C3)no1. The summed E-state index contributed by atoms with van der Waals surface area (Å²) in [5.41, 5.74) is 0.688. The average Bonchev–Trinajstić information content (AvgIpc) is 3.01. The van der Waals surface area contributed by atoms with E-state index in [9.17, 15) is 9.59 Å². The van der Waals surface area contributed by atoms with Crippen LogP contribution in [0.2, 0.25) is 0 Å². The third-order valence-electron chi connectivity index (χ3n) is 5.36.